The fraction of sp³-hybridized carbons (Fsp3) is 0.667. The first-order valence-corrected chi connectivity index (χ1v) is 5.18. The molecule has 0 radical (unpaired) electrons. The second-order valence-electron chi connectivity index (χ2n) is 3.13. The molecule has 0 fully saturated rings. The van der Waals surface area contributed by atoms with Crippen LogP contribution in [0.3, 0.4) is 0 Å². The maximum Gasteiger partial charge on any atom is -0.0169 e. The number of hydrogen-bond acceptors (Lipinski definition) is 0. The molecule has 0 nitrogen and oxygen atoms in total. The van der Waals surface area contributed by atoms with Crippen LogP contribution in [0.2, 0.25) is 0 Å². The Morgan fingerprint density at radius 1 is 0.917 bits per heavy atom. The zero-order chi connectivity index (χ0) is 9.07. The maximum atomic E-state index is 2.30. The highest BCUT2D eigenvalue weighted by atomic mass is 13.9. The summed E-state index contributed by atoms with van der Waals surface area (Å²) >= 11 is 0. The van der Waals surface area contributed by atoms with Crippen molar-refractivity contribution < 1.29 is 0 Å². The van der Waals surface area contributed by atoms with E-state index in [4.69, 9.17) is 0 Å². The lowest BCUT2D eigenvalue weighted by atomic mass is 10.1. The van der Waals surface area contributed by atoms with Gasteiger partial charge in [0.1, 0.15) is 0 Å². The van der Waals surface area contributed by atoms with E-state index >= 15 is 0 Å². The van der Waals surface area contributed by atoms with E-state index in [9.17, 15) is 0 Å². The van der Waals surface area contributed by atoms with E-state index in [1.807, 2.05) is 0 Å². The summed E-state index contributed by atoms with van der Waals surface area (Å²) in [6.45, 7) is 4.32. The molecule has 0 bridgehead atoms. The molecule has 0 heterocycles. The van der Waals surface area contributed by atoms with E-state index in [2.05, 4.69) is 38.2 Å². The van der Waals surface area contributed by atoms with Gasteiger partial charge in [0.25, 0.3) is 0 Å². The lowest BCUT2D eigenvalue weighted by Crippen LogP contribution is -1.73. The quantitative estimate of drug-likeness (QED) is 0.386. The van der Waals surface area contributed by atoms with Crippen LogP contribution >= 0.6 is 0 Å². The summed E-state index contributed by atoms with van der Waals surface area (Å²) in [6, 6.07) is 0. The van der Waals surface area contributed by atoms with Gasteiger partial charge in [-0.3, -0.25) is 0 Å². The molecule has 70 valence electrons. The Bertz CT molecular complexity index is 120. The highest BCUT2D eigenvalue weighted by Crippen LogP contribution is 2.03. The van der Waals surface area contributed by atoms with E-state index in [0.29, 0.717) is 0 Å². The van der Waals surface area contributed by atoms with E-state index in [-0.39, 0.29) is 0 Å². The van der Waals surface area contributed by atoms with Crippen LogP contribution < -0.4 is 0 Å². The first-order valence-electron chi connectivity index (χ1n) is 5.18. The van der Waals surface area contributed by atoms with E-state index in [1.165, 1.54) is 32.1 Å². The van der Waals surface area contributed by atoms with Gasteiger partial charge in [0.2, 0.25) is 0 Å². The first kappa shape index (κ1) is 11.5. The fourth-order valence-electron chi connectivity index (χ4n) is 1.12. The number of unbranched alkanes of at least 4 members (excludes halogenated alkanes) is 4. The van der Waals surface area contributed by atoms with Gasteiger partial charge in [-0.15, -0.1) is 0 Å². The smallest absolute Gasteiger partial charge is 0.0169 e. The first-order chi connectivity index (χ1) is 5.91. The molecule has 0 N–H and O–H groups in total. The Morgan fingerprint density at radius 3 is 2.42 bits per heavy atom. The minimum atomic E-state index is 1.10. The molecule has 0 saturated heterocycles. The molecule has 0 rings (SSSR count). The third-order valence-electron chi connectivity index (χ3n) is 1.90. The topological polar surface area (TPSA) is 0 Å². The molecule has 0 atom stereocenters. The summed E-state index contributed by atoms with van der Waals surface area (Å²) in [7, 11) is 0. The van der Waals surface area contributed by atoms with Gasteiger partial charge in [0.15, 0.2) is 0 Å². The average molecular weight is 166 g/mol. The van der Waals surface area contributed by atoms with Crippen molar-refractivity contribution in [3.05, 3.63) is 24.3 Å². The average Bonchev–Trinajstić information content (AvgIpc) is 2.10. The highest BCUT2D eigenvalue weighted by Gasteiger charge is 1.83. The number of allylic oxidation sites excluding steroid dienone is 4. The third-order valence-corrected chi connectivity index (χ3v) is 1.90. The minimum Gasteiger partial charge on any atom is -0.0914 e. The predicted octanol–water partition coefficient (Wildman–Crippen LogP) is 4.48. The molecular formula is C12H22. The Morgan fingerprint density at radius 2 is 1.75 bits per heavy atom. The van der Waals surface area contributed by atoms with Crippen molar-refractivity contribution in [1.29, 1.82) is 0 Å². The lowest BCUT2D eigenvalue weighted by Gasteiger charge is -1.93. The summed E-state index contributed by atoms with van der Waals surface area (Å²) in [4.78, 5) is 0. The molecule has 12 heavy (non-hydrogen) atoms. The normalized spacial score (nSPS) is 11.8. The molecular weight excluding hydrogens is 144 g/mol. The van der Waals surface area contributed by atoms with Gasteiger partial charge in [-0.1, -0.05) is 50.5 Å². The van der Waals surface area contributed by atoms with Crippen LogP contribution in [0.1, 0.15) is 52.4 Å². The van der Waals surface area contributed by atoms with Crippen molar-refractivity contribution >= 4 is 0 Å². The zero-order valence-electron chi connectivity index (χ0n) is 8.55. The van der Waals surface area contributed by atoms with E-state index < -0.39 is 0 Å². The van der Waals surface area contributed by atoms with Crippen molar-refractivity contribution in [1.82, 2.24) is 0 Å². The van der Waals surface area contributed by atoms with Gasteiger partial charge < -0.3 is 0 Å². The van der Waals surface area contributed by atoms with Crippen LogP contribution in [-0.4, -0.2) is 0 Å². The van der Waals surface area contributed by atoms with Gasteiger partial charge in [-0.25, -0.2) is 0 Å². The molecule has 0 aromatic rings. The maximum absolute atomic E-state index is 2.30. The van der Waals surface area contributed by atoms with Crippen molar-refractivity contribution in [2.45, 2.75) is 52.4 Å². The molecule has 0 aromatic heterocycles. The fourth-order valence-corrected chi connectivity index (χ4v) is 1.12. The van der Waals surface area contributed by atoms with Crippen LogP contribution in [0.15, 0.2) is 24.3 Å². The highest BCUT2D eigenvalue weighted by molar-refractivity contribution is 4.91. The van der Waals surface area contributed by atoms with Crippen LogP contribution in [-0.2, 0) is 0 Å². The van der Waals surface area contributed by atoms with Crippen molar-refractivity contribution in [2.75, 3.05) is 0 Å². The second kappa shape index (κ2) is 10.5. The lowest BCUT2D eigenvalue weighted by molar-refractivity contribution is 0.674. The molecule has 0 spiro atoms. The van der Waals surface area contributed by atoms with Crippen LogP contribution in [0.5, 0.6) is 0 Å². The monoisotopic (exact) mass is 166 g/mol. The second-order valence-corrected chi connectivity index (χ2v) is 3.13. The Labute approximate surface area is 77.4 Å². The Balaban J connectivity index is 3.02. The third kappa shape index (κ3) is 9.48. The molecule has 0 amide bonds. The standard InChI is InChI=1S/C12H22/c1-3-5-7-9-11-12-10-8-6-4-2/h3,5,9,11H,4,6-8,10,12H2,1-2H3. The minimum absolute atomic E-state index is 1.10. The van der Waals surface area contributed by atoms with Crippen molar-refractivity contribution in [2.24, 2.45) is 0 Å². The Hall–Kier alpha value is -0.520. The molecule has 0 saturated carbocycles. The predicted molar refractivity (Wildman–Crippen MR) is 57.3 cm³/mol. The summed E-state index contributed by atoms with van der Waals surface area (Å²) in [6.07, 6.45) is 16.7. The van der Waals surface area contributed by atoms with Crippen LogP contribution in [0.25, 0.3) is 0 Å². The largest absolute Gasteiger partial charge is 0.0914 e. The zero-order valence-corrected chi connectivity index (χ0v) is 8.55. The molecule has 0 aliphatic rings. The Kier molecular flexibility index (Phi) is 10.0. The van der Waals surface area contributed by atoms with Gasteiger partial charge in [0.05, 0.1) is 0 Å². The summed E-state index contributed by atoms with van der Waals surface area (Å²) < 4.78 is 0. The molecule has 0 aliphatic carbocycles. The number of hydrogen-bond donors (Lipinski definition) is 0. The SMILES string of the molecule is CC=CCC=CCCCCCC. The van der Waals surface area contributed by atoms with Crippen LogP contribution in [0.4, 0.5) is 0 Å². The van der Waals surface area contributed by atoms with E-state index in [1.54, 1.807) is 0 Å². The van der Waals surface area contributed by atoms with Crippen LogP contribution in [0, 0.1) is 0 Å². The number of rotatable bonds is 7. The van der Waals surface area contributed by atoms with Crippen molar-refractivity contribution in [3.63, 3.8) is 0 Å². The van der Waals surface area contributed by atoms with Gasteiger partial charge in [-0.2, -0.15) is 0 Å². The van der Waals surface area contributed by atoms with Gasteiger partial charge in [-0.05, 0) is 26.2 Å². The van der Waals surface area contributed by atoms with E-state index in [0.717, 1.165) is 6.42 Å². The van der Waals surface area contributed by atoms with Gasteiger partial charge >= 0.3 is 0 Å². The summed E-state index contributed by atoms with van der Waals surface area (Å²) in [5.41, 5.74) is 0. The summed E-state index contributed by atoms with van der Waals surface area (Å²) in [5, 5.41) is 0. The summed E-state index contributed by atoms with van der Waals surface area (Å²) in [5.74, 6) is 0. The van der Waals surface area contributed by atoms with Gasteiger partial charge in [0, 0.05) is 0 Å². The molecule has 0 unspecified atom stereocenters. The molecule has 0 heteroatoms. The molecule has 0 aliphatic heterocycles. The molecule has 0 aromatic carbocycles. The van der Waals surface area contributed by atoms with Crippen molar-refractivity contribution in [3.8, 4) is 0 Å².